The largest absolute Gasteiger partial charge is 0.496 e. The zero-order valence-electron chi connectivity index (χ0n) is 16.4. The first-order valence-electron chi connectivity index (χ1n) is 8.59. The van der Waals surface area contributed by atoms with Crippen LogP contribution >= 0.6 is 0 Å². The molecule has 0 aliphatic carbocycles. The van der Waals surface area contributed by atoms with Gasteiger partial charge in [0.15, 0.2) is 9.84 Å². The number of pyridine rings is 1. The van der Waals surface area contributed by atoms with E-state index in [0.717, 1.165) is 11.1 Å². The molecule has 7 nitrogen and oxygen atoms in total. The van der Waals surface area contributed by atoms with Gasteiger partial charge >= 0.3 is 0 Å². The van der Waals surface area contributed by atoms with Crippen LogP contribution in [0, 0.1) is 25.2 Å². The van der Waals surface area contributed by atoms with E-state index in [1.54, 1.807) is 44.6 Å². The van der Waals surface area contributed by atoms with Crippen LogP contribution in [-0.2, 0) is 26.9 Å². The highest BCUT2D eigenvalue weighted by molar-refractivity contribution is 7.91. The van der Waals surface area contributed by atoms with E-state index in [0.29, 0.717) is 22.6 Å². The second-order valence-corrected chi connectivity index (χ2v) is 8.70. The highest BCUT2D eigenvalue weighted by Crippen LogP contribution is 2.24. The van der Waals surface area contributed by atoms with Crippen LogP contribution in [0.1, 0.15) is 27.9 Å². The third kappa shape index (κ3) is 5.30. The summed E-state index contributed by atoms with van der Waals surface area (Å²) >= 11 is 0. The Kier molecular flexibility index (Phi) is 6.75. The highest BCUT2D eigenvalue weighted by atomic mass is 32.2. The normalized spacial score (nSPS) is 11.0. The molecule has 0 aliphatic heterocycles. The maximum Gasteiger partial charge on any atom is 0.237 e. The summed E-state index contributed by atoms with van der Waals surface area (Å²) in [5.74, 6) is -0.645. The van der Waals surface area contributed by atoms with E-state index >= 15 is 0 Å². The van der Waals surface area contributed by atoms with Gasteiger partial charge in [0.2, 0.25) is 5.91 Å². The molecule has 1 aromatic heterocycles. The molecule has 28 heavy (non-hydrogen) atoms. The van der Waals surface area contributed by atoms with Crippen molar-refractivity contribution in [2.45, 2.75) is 26.1 Å². The van der Waals surface area contributed by atoms with Crippen LogP contribution in [0.25, 0.3) is 0 Å². The van der Waals surface area contributed by atoms with Gasteiger partial charge in [-0.3, -0.25) is 9.78 Å². The number of ether oxygens (including phenoxy) is 1. The molecule has 1 aromatic carbocycles. The summed E-state index contributed by atoms with van der Waals surface area (Å²) in [6.07, 6.45) is 1.67. The SMILES string of the molecule is COc1c(C)cnc(CN(C)C(=O)CS(=O)(=O)Cc2ccc(C#N)cc2)c1C. The summed E-state index contributed by atoms with van der Waals surface area (Å²) in [4.78, 5) is 18.1. The van der Waals surface area contributed by atoms with Crippen molar-refractivity contribution in [1.82, 2.24) is 9.88 Å². The van der Waals surface area contributed by atoms with Crippen LogP contribution in [0.4, 0.5) is 0 Å². The molecular weight excluding hydrogens is 378 g/mol. The van der Waals surface area contributed by atoms with E-state index < -0.39 is 21.5 Å². The minimum absolute atomic E-state index is 0.188. The highest BCUT2D eigenvalue weighted by Gasteiger charge is 2.22. The van der Waals surface area contributed by atoms with Crippen molar-refractivity contribution in [2.75, 3.05) is 19.9 Å². The van der Waals surface area contributed by atoms with E-state index in [9.17, 15) is 13.2 Å². The molecule has 0 radical (unpaired) electrons. The third-order valence-electron chi connectivity index (χ3n) is 4.38. The maximum atomic E-state index is 12.4. The van der Waals surface area contributed by atoms with Gasteiger partial charge in [0.25, 0.3) is 0 Å². The average Bonchev–Trinajstić information content (AvgIpc) is 2.64. The molecule has 8 heteroatoms. The van der Waals surface area contributed by atoms with Crippen molar-refractivity contribution in [1.29, 1.82) is 5.26 Å². The molecule has 1 amide bonds. The molecule has 2 aromatic rings. The Morgan fingerprint density at radius 2 is 1.89 bits per heavy atom. The number of aromatic nitrogens is 1. The van der Waals surface area contributed by atoms with E-state index in [1.165, 1.54) is 4.90 Å². The molecule has 0 fully saturated rings. The van der Waals surface area contributed by atoms with Gasteiger partial charge in [0.05, 0.1) is 36.7 Å². The number of nitrogens with zero attached hydrogens (tertiary/aromatic N) is 3. The van der Waals surface area contributed by atoms with Gasteiger partial charge in [-0.1, -0.05) is 12.1 Å². The number of carbonyl (C=O) groups is 1. The first kappa shape index (κ1) is 21.4. The van der Waals surface area contributed by atoms with Gasteiger partial charge in [-0.2, -0.15) is 5.26 Å². The standard InChI is InChI=1S/C20H23N3O4S/c1-14-10-22-18(15(2)20(14)27-4)11-23(3)19(24)13-28(25,26)12-17-7-5-16(9-21)6-8-17/h5-8,10H,11-13H2,1-4H3. The molecule has 0 bridgehead atoms. The number of nitriles is 1. The minimum Gasteiger partial charge on any atom is -0.496 e. The second kappa shape index (κ2) is 8.85. The van der Waals surface area contributed by atoms with E-state index in [4.69, 9.17) is 10.00 Å². The number of methoxy groups -OCH3 is 1. The molecule has 2 rings (SSSR count). The lowest BCUT2D eigenvalue weighted by Crippen LogP contribution is -2.33. The van der Waals surface area contributed by atoms with Crippen LogP contribution in [0.5, 0.6) is 5.75 Å². The van der Waals surface area contributed by atoms with Crippen molar-refractivity contribution in [3.05, 3.63) is 58.4 Å². The van der Waals surface area contributed by atoms with Crippen LogP contribution in [0.2, 0.25) is 0 Å². The Morgan fingerprint density at radius 1 is 1.25 bits per heavy atom. The topological polar surface area (TPSA) is 100 Å². The first-order valence-corrected chi connectivity index (χ1v) is 10.4. The summed E-state index contributed by atoms with van der Waals surface area (Å²) in [6, 6.07) is 8.24. The van der Waals surface area contributed by atoms with E-state index in [1.807, 2.05) is 19.9 Å². The van der Waals surface area contributed by atoms with Gasteiger partial charge in [0.1, 0.15) is 11.5 Å². The zero-order chi connectivity index (χ0) is 20.9. The Balaban J connectivity index is 2.06. The van der Waals surface area contributed by atoms with Crippen molar-refractivity contribution < 1.29 is 17.9 Å². The average molecular weight is 401 g/mol. The number of sulfone groups is 1. The Labute approximate surface area is 165 Å². The van der Waals surface area contributed by atoms with Gasteiger partial charge in [-0.15, -0.1) is 0 Å². The predicted octanol–water partition coefficient (Wildman–Crippen LogP) is 2.15. The van der Waals surface area contributed by atoms with Crippen molar-refractivity contribution in [3.8, 4) is 11.8 Å². The van der Waals surface area contributed by atoms with Crippen molar-refractivity contribution in [3.63, 3.8) is 0 Å². The van der Waals surface area contributed by atoms with Crippen LogP contribution in [0.3, 0.4) is 0 Å². The summed E-state index contributed by atoms with van der Waals surface area (Å²) in [5, 5.41) is 8.80. The molecule has 0 aliphatic rings. The Morgan fingerprint density at radius 3 is 2.46 bits per heavy atom. The number of hydrogen-bond donors (Lipinski definition) is 0. The molecule has 0 unspecified atom stereocenters. The number of benzene rings is 1. The fourth-order valence-corrected chi connectivity index (χ4v) is 4.22. The zero-order valence-corrected chi connectivity index (χ0v) is 17.2. The number of aryl methyl sites for hydroxylation is 1. The molecule has 0 N–H and O–H groups in total. The van der Waals surface area contributed by atoms with Crippen LogP contribution < -0.4 is 4.74 Å². The molecule has 0 spiro atoms. The fraction of sp³-hybridized carbons (Fsp3) is 0.350. The number of hydrogen-bond acceptors (Lipinski definition) is 6. The van der Waals surface area contributed by atoms with E-state index in [-0.39, 0.29) is 12.3 Å². The smallest absolute Gasteiger partial charge is 0.237 e. The molecule has 148 valence electrons. The quantitative estimate of drug-likeness (QED) is 0.705. The second-order valence-electron chi connectivity index (χ2n) is 6.64. The van der Waals surface area contributed by atoms with Crippen LogP contribution in [0.15, 0.2) is 30.5 Å². The molecule has 0 saturated carbocycles. The summed E-state index contributed by atoms with van der Waals surface area (Å²) in [6.45, 7) is 3.93. The summed E-state index contributed by atoms with van der Waals surface area (Å²) in [7, 11) is -0.518. The fourth-order valence-electron chi connectivity index (χ4n) is 2.82. The van der Waals surface area contributed by atoms with Gasteiger partial charge in [0, 0.05) is 24.4 Å². The minimum atomic E-state index is -3.64. The third-order valence-corrected chi connectivity index (χ3v) is 5.84. The van der Waals surface area contributed by atoms with Gasteiger partial charge in [-0.25, -0.2) is 8.42 Å². The predicted molar refractivity (Wildman–Crippen MR) is 105 cm³/mol. The van der Waals surface area contributed by atoms with E-state index in [2.05, 4.69) is 4.98 Å². The van der Waals surface area contributed by atoms with Gasteiger partial charge in [-0.05, 0) is 31.5 Å². The lowest BCUT2D eigenvalue weighted by atomic mass is 10.1. The Bertz CT molecular complexity index is 1010. The number of amides is 1. The molecule has 0 saturated heterocycles. The van der Waals surface area contributed by atoms with Gasteiger partial charge < -0.3 is 9.64 Å². The summed E-state index contributed by atoms with van der Waals surface area (Å²) in [5.41, 5.74) is 3.36. The number of rotatable bonds is 7. The summed E-state index contributed by atoms with van der Waals surface area (Å²) < 4.78 is 30.1. The molecule has 0 atom stereocenters. The van der Waals surface area contributed by atoms with Crippen molar-refractivity contribution >= 4 is 15.7 Å². The Hall–Kier alpha value is -2.92. The molecule has 1 heterocycles. The molecular formula is C20H23N3O4S. The lowest BCUT2D eigenvalue weighted by Gasteiger charge is -2.19. The number of carbonyl (C=O) groups excluding carboxylic acids is 1. The maximum absolute atomic E-state index is 12.4. The van der Waals surface area contributed by atoms with Crippen LogP contribution in [-0.4, -0.2) is 44.1 Å². The lowest BCUT2D eigenvalue weighted by molar-refractivity contribution is -0.127. The first-order chi connectivity index (χ1) is 13.2. The van der Waals surface area contributed by atoms with Crippen molar-refractivity contribution in [2.24, 2.45) is 0 Å². The monoisotopic (exact) mass is 401 g/mol.